The molecule has 0 bridgehead atoms. The molecule has 0 spiro atoms. The van der Waals surface area contributed by atoms with Gasteiger partial charge in [0.1, 0.15) is 5.82 Å². The number of hydrogen-bond donors (Lipinski definition) is 2. The van der Waals surface area contributed by atoms with E-state index < -0.39 is 5.82 Å². The average Bonchev–Trinajstić information content (AvgIpc) is 3.49. The molecular weight excluding hydrogens is 481 g/mol. The Bertz CT molecular complexity index is 1300. The van der Waals surface area contributed by atoms with Crippen LogP contribution in [0, 0.1) is 5.82 Å². The molecule has 35 heavy (non-hydrogen) atoms. The summed E-state index contributed by atoms with van der Waals surface area (Å²) in [4.78, 5) is 6.83. The van der Waals surface area contributed by atoms with Gasteiger partial charge in [-0.3, -0.25) is 4.98 Å². The molecule has 1 aliphatic rings. The maximum Gasteiger partial charge on any atom is 0.170 e. The van der Waals surface area contributed by atoms with Crippen LogP contribution in [0.3, 0.4) is 0 Å². The van der Waals surface area contributed by atoms with Crippen molar-refractivity contribution in [3.63, 3.8) is 0 Å². The van der Waals surface area contributed by atoms with Crippen LogP contribution in [0.25, 0.3) is 5.69 Å². The molecule has 2 aromatic carbocycles. The Morgan fingerprint density at radius 2 is 1.86 bits per heavy atom. The fraction of sp³-hybridized carbons (Fsp3) is 0.185. The highest BCUT2D eigenvalue weighted by Crippen LogP contribution is 2.39. The average molecular weight is 506 g/mol. The molecule has 0 radical (unpaired) electrons. The van der Waals surface area contributed by atoms with E-state index in [1.807, 2.05) is 53.2 Å². The largest absolute Gasteiger partial charge is 0.385 e. The lowest BCUT2D eigenvalue weighted by Crippen LogP contribution is -2.32. The van der Waals surface area contributed by atoms with Crippen molar-refractivity contribution in [2.75, 3.05) is 18.4 Å². The van der Waals surface area contributed by atoms with Gasteiger partial charge < -0.3 is 20.1 Å². The second kappa shape index (κ2) is 10.5. The molecule has 5 nitrogen and oxygen atoms in total. The molecule has 1 saturated heterocycles. The van der Waals surface area contributed by atoms with E-state index in [9.17, 15) is 4.39 Å². The van der Waals surface area contributed by atoms with E-state index in [1.165, 1.54) is 6.07 Å². The first-order chi connectivity index (χ1) is 17.1. The number of aromatic nitrogens is 2. The molecular formula is C27H25ClFN5S. The van der Waals surface area contributed by atoms with Crippen LogP contribution in [-0.4, -0.2) is 32.7 Å². The van der Waals surface area contributed by atoms with Crippen molar-refractivity contribution in [1.82, 2.24) is 19.8 Å². The molecule has 2 aromatic heterocycles. The standard InChI is InChI=1S/C27H25ClFN5S/c28-21-18-20(12-13-22(21)29)33-16-6-11-24(33)26-25(23-10-4-5-14-31-23)32-27(35)34(26)17-7-15-30-19-8-2-1-3-9-19/h1-6,8-14,16,18,25-26,30H,7,15,17H2,(H,32,35)/t25-,26-/m0/s1. The molecule has 4 aromatic rings. The molecule has 1 fully saturated rings. The van der Waals surface area contributed by atoms with E-state index in [1.54, 1.807) is 18.3 Å². The van der Waals surface area contributed by atoms with E-state index in [4.69, 9.17) is 23.8 Å². The fourth-order valence-electron chi connectivity index (χ4n) is 4.51. The summed E-state index contributed by atoms with van der Waals surface area (Å²) in [6, 6.07) is 24.6. The summed E-state index contributed by atoms with van der Waals surface area (Å²) in [6.45, 7) is 1.58. The van der Waals surface area contributed by atoms with Gasteiger partial charge in [-0.15, -0.1) is 0 Å². The normalized spacial score (nSPS) is 17.4. The van der Waals surface area contributed by atoms with E-state index >= 15 is 0 Å². The van der Waals surface area contributed by atoms with Gasteiger partial charge in [0.05, 0.1) is 22.8 Å². The predicted molar refractivity (Wildman–Crippen MR) is 142 cm³/mol. The van der Waals surface area contributed by atoms with Crippen molar-refractivity contribution >= 4 is 34.6 Å². The number of benzene rings is 2. The highest BCUT2D eigenvalue weighted by atomic mass is 35.5. The van der Waals surface area contributed by atoms with Crippen molar-refractivity contribution < 1.29 is 4.39 Å². The van der Waals surface area contributed by atoms with Crippen LogP contribution in [0.2, 0.25) is 5.02 Å². The molecule has 178 valence electrons. The molecule has 0 saturated carbocycles. The van der Waals surface area contributed by atoms with E-state index in [0.717, 1.165) is 42.3 Å². The number of pyridine rings is 1. The van der Waals surface area contributed by atoms with Gasteiger partial charge in [0.25, 0.3) is 0 Å². The molecule has 0 aliphatic carbocycles. The minimum absolute atomic E-state index is 0.0901. The Labute approximate surface area is 214 Å². The maximum absolute atomic E-state index is 13.8. The fourth-order valence-corrected chi connectivity index (χ4v) is 5.02. The van der Waals surface area contributed by atoms with Crippen LogP contribution in [0.15, 0.2) is 91.3 Å². The second-order valence-corrected chi connectivity index (χ2v) is 9.16. The SMILES string of the molecule is Fc1ccc(-n2cccc2[C@H]2[C@H](c3ccccn3)NC(=S)N2CCCNc2ccccc2)cc1Cl. The maximum atomic E-state index is 13.8. The zero-order valence-electron chi connectivity index (χ0n) is 18.9. The van der Waals surface area contributed by atoms with Gasteiger partial charge in [0, 0.05) is 42.6 Å². The first-order valence-electron chi connectivity index (χ1n) is 11.5. The second-order valence-electron chi connectivity index (χ2n) is 8.37. The predicted octanol–water partition coefficient (Wildman–Crippen LogP) is 6.14. The summed E-state index contributed by atoms with van der Waals surface area (Å²) < 4.78 is 15.9. The molecule has 8 heteroatoms. The van der Waals surface area contributed by atoms with Crippen LogP contribution in [-0.2, 0) is 0 Å². The van der Waals surface area contributed by atoms with Crippen LogP contribution >= 0.6 is 23.8 Å². The molecule has 3 heterocycles. The van der Waals surface area contributed by atoms with Gasteiger partial charge >= 0.3 is 0 Å². The number of thiocarbonyl (C=S) groups is 1. The zero-order chi connectivity index (χ0) is 24.2. The molecule has 0 amide bonds. The van der Waals surface area contributed by atoms with Gasteiger partial charge in [0.2, 0.25) is 0 Å². The van der Waals surface area contributed by atoms with Crippen LogP contribution < -0.4 is 10.6 Å². The third-order valence-electron chi connectivity index (χ3n) is 6.14. The summed E-state index contributed by atoms with van der Waals surface area (Å²) in [6.07, 6.45) is 4.65. The van der Waals surface area contributed by atoms with Gasteiger partial charge in [-0.25, -0.2) is 4.39 Å². The smallest absolute Gasteiger partial charge is 0.170 e. The number of nitrogens with one attached hydrogen (secondary N) is 2. The molecule has 0 unspecified atom stereocenters. The third kappa shape index (κ3) is 5.01. The summed E-state index contributed by atoms with van der Waals surface area (Å²) in [7, 11) is 0. The topological polar surface area (TPSA) is 45.1 Å². The minimum Gasteiger partial charge on any atom is -0.385 e. The van der Waals surface area contributed by atoms with Gasteiger partial charge in [0.15, 0.2) is 5.11 Å². The summed E-state index contributed by atoms with van der Waals surface area (Å²) >= 11 is 11.9. The molecule has 5 rings (SSSR count). The highest BCUT2D eigenvalue weighted by molar-refractivity contribution is 7.80. The summed E-state index contributed by atoms with van der Waals surface area (Å²) in [5.41, 5.74) is 3.82. The van der Waals surface area contributed by atoms with Crippen molar-refractivity contribution in [2.24, 2.45) is 0 Å². The lowest BCUT2D eigenvalue weighted by Gasteiger charge is -2.29. The molecule has 2 atom stereocenters. The van der Waals surface area contributed by atoms with Gasteiger partial charge in [-0.1, -0.05) is 35.9 Å². The lowest BCUT2D eigenvalue weighted by atomic mass is 10.0. The number of halogens is 2. The Morgan fingerprint density at radius 1 is 1.03 bits per heavy atom. The van der Waals surface area contributed by atoms with Crippen LogP contribution in [0.1, 0.15) is 29.9 Å². The van der Waals surface area contributed by atoms with E-state index in [-0.39, 0.29) is 17.1 Å². The minimum atomic E-state index is -0.438. The van der Waals surface area contributed by atoms with E-state index in [2.05, 4.69) is 38.7 Å². The first-order valence-corrected chi connectivity index (χ1v) is 12.3. The Kier molecular flexibility index (Phi) is 6.97. The number of hydrogen-bond acceptors (Lipinski definition) is 3. The number of anilines is 1. The van der Waals surface area contributed by atoms with Crippen molar-refractivity contribution in [3.05, 3.63) is 113 Å². The number of rotatable bonds is 8. The van der Waals surface area contributed by atoms with Crippen molar-refractivity contribution in [2.45, 2.75) is 18.5 Å². The quantitative estimate of drug-likeness (QED) is 0.222. The summed E-state index contributed by atoms with van der Waals surface area (Å²) in [5.74, 6) is -0.438. The third-order valence-corrected chi connectivity index (χ3v) is 6.78. The lowest BCUT2D eigenvalue weighted by molar-refractivity contribution is 0.307. The van der Waals surface area contributed by atoms with Gasteiger partial charge in [-0.05, 0) is 73.2 Å². The number of nitrogens with zero attached hydrogens (tertiary/aromatic N) is 3. The summed E-state index contributed by atoms with van der Waals surface area (Å²) in [5, 5.41) is 7.74. The van der Waals surface area contributed by atoms with Crippen molar-refractivity contribution in [3.8, 4) is 5.69 Å². The van der Waals surface area contributed by atoms with Crippen LogP contribution in [0.5, 0.6) is 0 Å². The Morgan fingerprint density at radius 3 is 2.63 bits per heavy atom. The van der Waals surface area contributed by atoms with Gasteiger partial charge in [-0.2, -0.15) is 0 Å². The first kappa shape index (κ1) is 23.3. The van der Waals surface area contributed by atoms with Crippen LogP contribution in [0.4, 0.5) is 10.1 Å². The van der Waals surface area contributed by atoms with Crippen molar-refractivity contribution in [1.29, 1.82) is 0 Å². The number of para-hydroxylation sites is 1. The Hall–Kier alpha value is -3.42. The highest BCUT2D eigenvalue weighted by Gasteiger charge is 2.40. The molecule has 1 aliphatic heterocycles. The van der Waals surface area contributed by atoms with E-state index in [0.29, 0.717) is 5.11 Å². The zero-order valence-corrected chi connectivity index (χ0v) is 20.5. The Balaban J connectivity index is 1.44. The monoisotopic (exact) mass is 505 g/mol. The molecule has 2 N–H and O–H groups in total.